The van der Waals surface area contributed by atoms with Crippen LogP contribution in [0.1, 0.15) is 38.5 Å². The van der Waals surface area contributed by atoms with Crippen molar-refractivity contribution in [2.45, 2.75) is 44.3 Å². The number of hydrogen-bond donors (Lipinski definition) is 0. The first-order chi connectivity index (χ1) is 7.88. The highest BCUT2D eigenvalue weighted by Crippen LogP contribution is 2.27. The lowest BCUT2D eigenvalue weighted by molar-refractivity contribution is 0.131. The third kappa shape index (κ3) is 3.49. The molecule has 1 fully saturated rings. The first kappa shape index (κ1) is 11.9. The molecule has 0 amide bonds. The second-order valence-electron chi connectivity index (χ2n) is 4.88. The first-order valence-corrected chi connectivity index (χ1v) is 7.96. The molecular weight excluding hydrogens is 216 g/mol. The minimum Gasteiger partial charge on any atom is -0.475 e. The van der Waals surface area contributed by atoms with Crippen LogP contribution in [-0.2, 0) is 4.74 Å². The summed E-state index contributed by atoms with van der Waals surface area (Å²) < 4.78 is 11.1. The summed E-state index contributed by atoms with van der Waals surface area (Å²) in [6.07, 6.45) is 10.1. The van der Waals surface area contributed by atoms with E-state index in [1.54, 1.807) is 6.26 Å². The van der Waals surface area contributed by atoms with E-state index >= 15 is 0 Å². The van der Waals surface area contributed by atoms with Crippen molar-refractivity contribution in [2.75, 3.05) is 7.11 Å². The van der Waals surface area contributed by atoms with Gasteiger partial charge in [-0.1, -0.05) is 32.1 Å². The highest BCUT2D eigenvalue weighted by atomic mass is 28.2. The van der Waals surface area contributed by atoms with Crippen molar-refractivity contribution in [3.63, 3.8) is 0 Å². The monoisotopic (exact) mass is 238 g/mol. The molecule has 1 aromatic heterocycles. The minimum absolute atomic E-state index is 0.389. The van der Waals surface area contributed by atoms with E-state index in [0.29, 0.717) is 5.73 Å². The predicted molar refractivity (Wildman–Crippen MR) is 68.9 cm³/mol. The molecule has 0 bridgehead atoms. The minimum atomic E-state index is -0.389. The Hall–Kier alpha value is -0.543. The zero-order valence-corrected chi connectivity index (χ0v) is 11.6. The highest BCUT2D eigenvalue weighted by molar-refractivity contribution is 6.53. The van der Waals surface area contributed by atoms with E-state index in [9.17, 15) is 0 Å². The molecule has 1 saturated carbocycles. The molecule has 1 unspecified atom stereocenters. The van der Waals surface area contributed by atoms with Crippen molar-refractivity contribution in [3.05, 3.63) is 18.4 Å². The summed E-state index contributed by atoms with van der Waals surface area (Å²) in [5.41, 5.74) is 0.467. The van der Waals surface area contributed by atoms with Gasteiger partial charge in [-0.15, -0.1) is 0 Å². The van der Waals surface area contributed by atoms with Gasteiger partial charge in [0, 0.05) is 7.11 Å². The van der Waals surface area contributed by atoms with E-state index in [1.807, 2.05) is 13.2 Å². The summed E-state index contributed by atoms with van der Waals surface area (Å²) in [5.74, 6) is 0.904. The van der Waals surface area contributed by atoms with E-state index < -0.39 is 0 Å². The molecule has 1 aliphatic carbocycles. The van der Waals surface area contributed by atoms with Gasteiger partial charge in [-0.2, -0.15) is 0 Å². The summed E-state index contributed by atoms with van der Waals surface area (Å²) in [6.45, 7) is 0. The number of furan rings is 1. The van der Waals surface area contributed by atoms with Crippen LogP contribution >= 0.6 is 0 Å². The lowest BCUT2D eigenvalue weighted by Crippen LogP contribution is -2.31. The molecule has 2 nitrogen and oxygen atoms in total. The van der Waals surface area contributed by atoms with Crippen molar-refractivity contribution in [1.29, 1.82) is 0 Å². The second-order valence-corrected chi connectivity index (χ2v) is 6.90. The number of methoxy groups -OCH3 is 1. The molecule has 1 aliphatic rings. The zero-order valence-electron chi connectivity index (χ0n) is 10.2. The molecule has 0 aliphatic heterocycles. The van der Waals surface area contributed by atoms with Gasteiger partial charge in [0.05, 0.1) is 17.4 Å². The van der Waals surface area contributed by atoms with Crippen LogP contribution in [0.25, 0.3) is 0 Å². The van der Waals surface area contributed by atoms with E-state index in [4.69, 9.17) is 9.15 Å². The van der Waals surface area contributed by atoms with Gasteiger partial charge in [-0.25, -0.2) is 0 Å². The first-order valence-electron chi connectivity index (χ1n) is 6.43. The molecule has 0 N–H and O–H groups in total. The molecule has 1 atom stereocenters. The quantitative estimate of drug-likeness (QED) is 0.732. The molecule has 0 spiro atoms. The molecule has 1 heterocycles. The Labute approximate surface area is 100 Å². The Morgan fingerprint density at radius 3 is 2.88 bits per heavy atom. The van der Waals surface area contributed by atoms with Crippen molar-refractivity contribution in [1.82, 2.24) is 0 Å². The predicted octanol–water partition coefficient (Wildman–Crippen LogP) is 2.02. The van der Waals surface area contributed by atoms with Crippen LogP contribution in [0.2, 0.25) is 0 Å². The maximum absolute atomic E-state index is 5.63. The number of hydrogen-bond acceptors (Lipinski definition) is 2. The van der Waals surface area contributed by atoms with Crippen molar-refractivity contribution in [2.24, 2.45) is 5.92 Å². The molecule has 3 heteroatoms. The SMILES string of the molecule is COC(CC1CCCCC1)[SiH2]c1ccco1. The Balaban J connectivity index is 1.80. The van der Waals surface area contributed by atoms with Gasteiger partial charge in [0.15, 0.2) is 0 Å². The van der Waals surface area contributed by atoms with Gasteiger partial charge in [0.1, 0.15) is 9.52 Å². The van der Waals surface area contributed by atoms with Crippen LogP contribution in [0, 0.1) is 5.92 Å². The molecule has 0 aromatic carbocycles. The summed E-state index contributed by atoms with van der Waals surface area (Å²) >= 11 is 0. The van der Waals surface area contributed by atoms with Crippen LogP contribution < -0.4 is 5.38 Å². The normalized spacial score (nSPS) is 20.6. The summed E-state index contributed by atoms with van der Waals surface area (Å²) in [6, 6.07) is 4.08. The Bertz CT molecular complexity index is 278. The summed E-state index contributed by atoms with van der Waals surface area (Å²) in [7, 11) is 1.46. The molecular formula is C13H22O2Si. The largest absolute Gasteiger partial charge is 0.475 e. The summed E-state index contributed by atoms with van der Waals surface area (Å²) in [5, 5.41) is 1.18. The van der Waals surface area contributed by atoms with E-state index in [0.717, 1.165) is 5.92 Å². The Kier molecular flexibility index (Phi) is 4.66. The lowest BCUT2D eigenvalue weighted by Gasteiger charge is -2.25. The van der Waals surface area contributed by atoms with Crippen molar-refractivity contribution in [3.8, 4) is 0 Å². The smallest absolute Gasteiger partial charge is 0.133 e. The fourth-order valence-corrected chi connectivity index (χ4v) is 4.43. The van der Waals surface area contributed by atoms with Gasteiger partial charge >= 0.3 is 0 Å². The average molecular weight is 238 g/mol. The lowest BCUT2D eigenvalue weighted by atomic mass is 9.87. The van der Waals surface area contributed by atoms with Crippen LogP contribution in [0.15, 0.2) is 22.8 Å². The fraction of sp³-hybridized carbons (Fsp3) is 0.692. The average Bonchev–Trinajstić information content (AvgIpc) is 2.82. The Morgan fingerprint density at radius 1 is 1.44 bits per heavy atom. The fourth-order valence-electron chi connectivity index (χ4n) is 2.71. The maximum atomic E-state index is 5.63. The molecule has 1 aromatic rings. The molecule has 0 radical (unpaired) electrons. The van der Waals surface area contributed by atoms with Gasteiger partial charge in [-0.3, -0.25) is 0 Å². The topological polar surface area (TPSA) is 22.4 Å². The van der Waals surface area contributed by atoms with Gasteiger partial charge in [0.2, 0.25) is 0 Å². The van der Waals surface area contributed by atoms with Crippen LogP contribution in [0.4, 0.5) is 0 Å². The van der Waals surface area contributed by atoms with Crippen LogP contribution in [0.5, 0.6) is 0 Å². The number of ether oxygens (including phenoxy) is 1. The van der Waals surface area contributed by atoms with Crippen LogP contribution in [0.3, 0.4) is 0 Å². The third-order valence-electron chi connectivity index (χ3n) is 3.66. The van der Waals surface area contributed by atoms with Gasteiger partial charge in [0.25, 0.3) is 0 Å². The highest BCUT2D eigenvalue weighted by Gasteiger charge is 2.20. The Morgan fingerprint density at radius 2 is 2.25 bits per heavy atom. The van der Waals surface area contributed by atoms with Crippen LogP contribution in [-0.4, -0.2) is 22.4 Å². The summed E-state index contributed by atoms with van der Waals surface area (Å²) in [4.78, 5) is 0. The molecule has 16 heavy (non-hydrogen) atoms. The standard InChI is InChI=1S/C13H22O2Si/c1-14-13(16-12-8-5-9-15-12)10-11-6-3-2-4-7-11/h5,8-9,11,13H,2-4,6-7,10,16H2,1H3. The maximum Gasteiger partial charge on any atom is 0.133 e. The third-order valence-corrected chi connectivity index (χ3v) is 5.59. The van der Waals surface area contributed by atoms with Gasteiger partial charge < -0.3 is 9.15 Å². The zero-order chi connectivity index (χ0) is 11.2. The second kappa shape index (κ2) is 6.26. The molecule has 0 saturated heterocycles. The van der Waals surface area contributed by atoms with E-state index in [1.165, 1.54) is 43.9 Å². The molecule has 2 rings (SSSR count). The van der Waals surface area contributed by atoms with E-state index in [2.05, 4.69) is 6.07 Å². The molecule has 90 valence electrons. The van der Waals surface area contributed by atoms with E-state index in [-0.39, 0.29) is 9.52 Å². The van der Waals surface area contributed by atoms with Gasteiger partial charge in [-0.05, 0) is 24.5 Å². The number of rotatable bonds is 5. The van der Waals surface area contributed by atoms with Crippen molar-refractivity contribution < 1.29 is 9.15 Å². The van der Waals surface area contributed by atoms with Crippen molar-refractivity contribution >= 4 is 14.9 Å².